The molecule has 1 aliphatic rings. The first-order chi connectivity index (χ1) is 8.46. The van der Waals surface area contributed by atoms with Gasteiger partial charge in [-0.2, -0.15) is 0 Å². The normalized spacial score (nSPS) is 17.2. The number of H-pyrrole nitrogens is 1. The summed E-state index contributed by atoms with van der Waals surface area (Å²) in [6, 6.07) is 1.22. The third-order valence-corrected chi connectivity index (χ3v) is 3.42. The number of hydrogen-bond donors (Lipinski definition) is 3. The summed E-state index contributed by atoms with van der Waals surface area (Å²) in [5.74, 6) is 0.0411. The molecule has 1 aromatic rings. The molecule has 2 rings (SSSR count). The van der Waals surface area contributed by atoms with Crippen molar-refractivity contribution >= 4 is 24.0 Å². The number of carbonyl (C=O) groups excluding carboxylic acids is 1. The van der Waals surface area contributed by atoms with Crippen molar-refractivity contribution in [2.45, 2.75) is 25.3 Å². The van der Waals surface area contributed by atoms with Crippen LogP contribution in [0.3, 0.4) is 0 Å². The van der Waals surface area contributed by atoms with Crippen molar-refractivity contribution < 1.29 is 9.72 Å². The van der Waals surface area contributed by atoms with Gasteiger partial charge in [0.25, 0.3) is 11.6 Å². The van der Waals surface area contributed by atoms with Crippen LogP contribution in [0.5, 0.6) is 0 Å². The minimum Gasteiger partial charge on any atom is -0.351 e. The molecule has 4 N–H and O–H groups in total. The summed E-state index contributed by atoms with van der Waals surface area (Å²) in [7, 11) is 0. The number of rotatable bonds is 5. The number of nitrogens with one attached hydrogen (secondary N) is 2. The summed E-state index contributed by atoms with van der Waals surface area (Å²) >= 11 is 0. The number of amides is 1. The van der Waals surface area contributed by atoms with Crippen LogP contribution in [0.25, 0.3) is 0 Å². The molecule has 0 radical (unpaired) electrons. The van der Waals surface area contributed by atoms with Gasteiger partial charge in [0.1, 0.15) is 5.69 Å². The zero-order valence-corrected chi connectivity index (χ0v) is 11.3. The van der Waals surface area contributed by atoms with Gasteiger partial charge in [-0.15, -0.1) is 12.4 Å². The van der Waals surface area contributed by atoms with Gasteiger partial charge in [-0.1, -0.05) is 0 Å². The molecule has 1 aliphatic carbocycles. The average Bonchev–Trinajstić information content (AvgIpc) is 3.06. The quantitative estimate of drug-likeness (QED) is 0.558. The average molecular weight is 289 g/mol. The van der Waals surface area contributed by atoms with Crippen molar-refractivity contribution in [1.29, 1.82) is 0 Å². The molecule has 0 aromatic carbocycles. The summed E-state index contributed by atoms with van der Waals surface area (Å²) in [5, 5.41) is 13.4. The van der Waals surface area contributed by atoms with Crippen molar-refractivity contribution in [3.05, 3.63) is 28.1 Å². The maximum absolute atomic E-state index is 12.0. The van der Waals surface area contributed by atoms with Crippen LogP contribution in [0.2, 0.25) is 0 Å². The van der Waals surface area contributed by atoms with Crippen molar-refractivity contribution in [3.8, 4) is 0 Å². The molecule has 1 amide bonds. The fourth-order valence-corrected chi connectivity index (χ4v) is 1.99. The highest BCUT2D eigenvalue weighted by molar-refractivity contribution is 5.93. The SMILES string of the molecule is CC(CN)(NC(=O)c1cc([N+](=O)[O-])c[nH]1)C1CC1.Cl. The minimum atomic E-state index is -0.545. The summed E-state index contributed by atoms with van der Waals surface area (Å²) < 4.78 is 0. The first-order valence-electron chi connectivity index (χ1n) is 5.81. The van der Waals surface area contributed by atoms with Crippen LogP contribution in [0.4, 0.5) is 5.69 Å². The monoisotopic (exact) mass is 288 g/mol. The van der Waals surface area contributed by atoms with Crippen LogP contribution in [0.15, 0.2) is 12.3 Å². The smallest absolute Gasteiger partial charge is 0.287 e. The second kappa shape index (κ2) is 5.58. The Bertz CT molecular complexity index is 486. The fraction of sp³-hybridized carbons (Fsp3) is 0.545. The standard InChI is InChI=1S/C11H16N4O3.ClH/c1-11(6-12,7-2-3-7)14-10(16)9-4-8(5-13-9)15(17)18;/h4-5,7,13H,2-3,6,12H2,1H3,(H,14,16);1H. The summed E-state index contributed by atoms with van der Waals surface area (Å²) in [6.45, 7) is 2.26. The van der Waals surface area contributed by atoms with Gasteiger partial charge in [-0.3, -0.25) is 14.9 Å². The lowest BCUT2D eigenvalue weighted by molar-refractivity contribution is -0.384. The highest BCUT2D eigenvalue weighted by Gasteiger charge is 2.41. The molecule has 7 nitrogen and oxygen atoms in total. The molecule has 0 spiro atoms. The maximum atomic E-state index is 12.0. The Hall–Kier alpha value is -1.60. The molecule has 1 fully saturated rings. The zero-order chi connectivity index (χ0) is 13.3. The van der Waals surface area contributed by atoms with Crippen LogP contribution >= 0.6 is 12.4 Å². The second-order valence-corrected chi connectivity index (χ2v) is 4.88. The lowest BCUT2D eigenvalue weighted by Crippen LogP contribution is -2.53. The van der Waals surface area contributed by atoms with E-state index in [1.54, 1.807) is 0 Å². The molecule has 0 saturated heterocycles. The number of halogens is 1. The van der Waals surface area contributed by atoms with Crippen molar-refractivity contribution in [2.75, 3.05) is 6.54 Å². The zero-order valence-electron chi connectivity index (χ0n) is 10.5. The van der Waals surface area contributed by atoms with E-state index in [9.17, 15) is 14.9 Å². The van der Waals surface area contributed by atoms with Gasteiger partial charge in [-0.05, 0) is 25.7 Å². The van der Waals surface area contributed by atoms with Crippen molar-refractivity contribution in [2.24, 2.45) is 11.7 Å². The van der Waals surface area contributed by atoms with E-state index in [0.717, 1.165) is 12.8 Å². The first-order valence-corrected chi connectivity index (χ1v) is 5.81. The Morgan fingerprint density at radius 2 is 2.32 bits per heavy atom. The topological polar surface area (TPSA) is 114 Å². The van der Waals surface area contributed by atoms with E-state index in [4.69, 9.17) is 5.73 Å². The largest absolute Gasteiger partial charge is 0.351 e. The van der Waals surface area contributed by atoms with E-state index in [1.165, 1.54) is 12.3 Å². The van der Waals surface area contributed by atoms with Crippen LogP contribution in [-0.2, 0) is 0 Å². The van der Waals surface area contributed by atoms with Crippen LogP contribution in [0.1, 0.15) is 30.3 Å². The van der Waals surface area contributed by atoms with Crippen LogP contribution < -0.4 is 11.1 Å². The predicted molar refractivity (Wildman–Crippen MR) is 72.3 cm³/mol. The number of aromatic nitrogens is 1. The number of nitrogens with zero attached hydrogens (tertiary/aromatic N) is 1. The molecule has 106 valence electrons. The number of hydrogen-bond acceptors (Lipinski definition) is 4. The lowest BCUT2D eigenvalue weighted by atomic mass is 9.96. The first kappa shape index (κ1) is 15.5. The third kappa shape index (κ3) is 3.24. The van der Waals surface area contributed by atoms with Gasteiger partial charge in [0.15, 0.2) is 0 Å². The van der Waals surface area contributed by atoms with Gasteiger partial charge in [-0.25, -0.2) is 0 Å². The Kier molecular flexibility index (Phi) is 4.54. The second-order valence-electron chi connectivity index (χ2n) is 4.88. The number of nitro groups is 1. The number of nitrogens with two attached hydrogens (primary N) is 1. The molecule has 0 bridgehead atoms. The van der Waals surface area contributed by atoms with Gasteiger partial charge in [0.2, 0.25) is 0 Å². The Morgan fingerprint density at radius 3 is 2.74 bits per heavy atom. The lowest BCUT2D eigenvalue weighted by Gasteiger charge is -2.29. The Labute approximate surface area is 116 Å². The highest BCUT2D eigenvalue weighted by Crippen LogP contribution is 2.39. The molecule has 1 aromatic heterocycles. The van der Waals surface area contributed by atoms with Crippen LogP contribution in [-0.4, -0.2) is 27.9 Å². The molecule has 8 heteroatoms. The Balaban J connectivity index is 0.00000180. The van der Waals surface area contributed by atoms with E-state index in [0.29, 0.717) is 12.5 Å². The Morgan fingerprint density at radius 1 is 1.68 bits per heavy atom. The molecule has 1 unspecified atom stereocenters. The van der Waals surface area contributed by atoms with Crippen molar-refractivity contribution in [3.63, 3.8) is 0 Å². The van der Waals surface area contributed by atoms with E-state index in [2.05, 4.69) is 10.3 Å². The summed E-state index contributed by atoms with van der Waals surface area (Å²) in [6.07, 6.45) is 3.31. The maximum Gasteiger partial charge on any atom is 0.287 e. The van der Waals surface area contributed by atoms with E-state index in [-0.39, 0.29) is 29.7 Å². The van der Waals surface area contributed by atoms with Gasteiger partial charge in [0, 0.05) is 12.6 Å². The van der Waals surface area contributed by atoms with Gasteiger partial charge >= 0.3 is 0 Å². The van der Waals surface area contributed by atoms with E-state index in [1.807, 2.05) is 6.92 Å². The molecule has 19 heavy (non-hydrogen) atoms. The number of carbonyl (C=O) groups is 1. The minimum absolute atomic E-state index is 0. The van der Waals surface area contributed by atoms with Gasteiger partial charge in [0.05, 0.1) is 16.7 Å². The number of aromatic amines is 1. The van der Waals surface area contributed by atoms with Crippen LogP contribution in [0, 0.1) is 16.0 Å². The van der Waals surface area contributed by atoms with Gasteiger partial charge < -0.3 is 16.0 Å². The molecular weight excluding hydrogens is 272 g/mol. The molecular formula is C11H17ClN4O3. The molecule has 1 heterocycles. The highest BCUT2D eigenvalue weighted by atomic mass is 35.5. The fourth-order valence-electron chi connectivity index (χ4n) is 1.99. The molecule has 1 saturated carbocycles. The van der Waals surface area contributed by atoms with Crippen molar-refractivity contribution in [1.82, 2.24) is 10.3 Å². The van der Waals surface area contributed by atoms with E-state index >= 15 is 0 Å². The third-order valence-electron chi connectivity index (χ3n) is 3.42. The molecule has 0 aliphatic heterocycles. The summed E-state index contributed by atoms with van der Waals surface area (Å²) in [5.41, 5.74) is 5.32. The molecule has 1 atom stereocenters. The predicted octanol–water partition coefficient (Wildman–Crippen LogP) is 1.20. The van der Waals surface area contributed by atoms with E-state index < -0.39 is 10.5 Å². The summed E-state index contributed by atoms with van der Waals surface area (Å²) in [4.78, 5) is 24.6.